The number of hydrogen-bond donors (Lipinski definition) is 1. The third kappa shape index (κ3) is 6.88. The number of carbonyl (C=O) groups is 1. The molecule has 0 aliphatic heterocycles. The third-order valence-electron chi connectivity index (χ3n) is 3.95. The van der Waals surface area contributed by atoms with Crippen molar-refractivity contribution < 1.29 is 13.2 Å². The minimum atomic E-state index is -3.70. The third-order valence-corrected chi connectivity index (χ3v) is 6.64. The summed E-state index contributed by atoms with van der Waals surface area (Å²) in [6.07, 6.45) is 1.02. The molecular formula is C19H22Cl2N2O3S2. The maximum Gasteiger partial charge on any atom is 0.240 e. The van der Waals surface area contributed by atoms with Gasteiger partial charge in [0.15, 0.2) is 0 Å². The first kappa shape index (κ1) is 22.9. The fraction of sp³-hybridized carbons (Fsp3) is 0.316. The van der Waals surface area contributed by atoms with Crippen LogP contribution in [0.25, 0.3) is 0 Å². The first-order valence-corrected chi connectivity index (χ1v) is 12.3. The van der Waals surface area contributed by atoms with Gasteiger partial charge in [-0.3, -0.25) is 9.10 Å². The first-order valence-electron chi connectivity index (χ1n) is 8.50. The fourth-order valence-electron chi connectivity index (χ4n) is 2.46. The molecule has 0 spiro atoms. The summed E-state index contributed by atoms with van der Waals surface area (Å²) in [5.74, 6) is 1.17. The number of halogens is 2. The van der Waals surface area contributed by atoms with Gasteiger partial charge in [-0.1, -0.05) is 47.5 Å². The minimum Gasteiger partial charge on any atom is -0.354 e. The summed E-state index contributed by atoms with van der Waals surface area (Å²) in [4.78, 5) is 12.3. The van der Waals surface area contributed by atoms with Gasteiger partial charge >= 0.3 is 0 Å². The highest BCUT2D eigenvalue weighted by molar-refractivity contribution is 7.98. The zero-order valence-electron chi connectivity index (χ0n) is 15.6. The molecule has 2 aromatic carbocycles. The van der Waals surface area contributed by atoms with Gasteiger partial charge in [-0.2, -0.15) is 11.8 Å². The smallest absolute Gasteiger partial charge is 0.240 e. The summed E-state index contributed by atoms with van der Waals surface area (Å²) in [6, 6.07) is 12.6. The van der Waals surface area contributed by atoms with Crippen LogP contribution in [0.3, 0.4) is 0 Å². The van der Waals surface area contributed by atoms with E-state index >= 15 is 0 Å². The highest BCUT2D eigenvalue weighted by atomic mass is 35.5. The van der Waals surface area contributed by atoms with E-state index in [1.54, 1.807) is 17.8 Å². The number of benzene rings is 2. The molecule has 2 aromatic rings. The van der Waals surface area contributed by atoms with Crippen LogP contribution in [0, 0.1) is 6.92 Å². The Hall–Kier alpha value is -1.41. The largest absolute Gasteiger partial charge is 0.354 e. The van der Waals surface area contributed by atoms with E-state index in [0.717, 1.165) is 22.1 Å². The van der Waals surface area contributed by atoms with Crippen molar-refractivity contribution >= 4 is 56.6 Å². The average Bonchev–Trinajstić information content (AvgIpc) is 2.62. The van der Waals surface area contributed by atoms with Crippen LogP contribution in [0.15, 0.2) is 42.5 Å². The summed E-state index contributed by atoms with van der Waals surface area (Å²) < 4.78 is 25.2. The number of rotatable bonds is 9. The van der Waals surface area contributed by atoms with E-state index < -0.39 is 15.9 Å². The normalized spacial score (nSPS) is 11.3. The summed E-state index contributed by atoms with van der Waals surface area (Å²) >= 11 is 13.7. The van der Waals surface area contributed by atoms with Crippen LogP contribution in [0.2, 0.25) is 10.0 Å². The molecule has 152 valence electrons. The Labute approximate surface area is 180 Å². The minimum absolute atomic E-state index is 0.181. The molecule has 0 aromatic heterocycles. The molecule has 0 aliphatic carbocycles. The number of aryl methyl sites for hydroxylation is 1. The van der Waals surface area contributed by atoms with E-state index in [4.69, 9.17) is 23.2 Å². The summed E-state index contributed by atoms with van der Waals surface area (Å²) in [7, 11) is -3.70. The fourth-order valence-corrected chi connectivity index (χ4v) is 4.69. The SMILES string of the molecule is Cc1ccccc1CSCCNC(=O)CN(c1cc(Cl)ccc1Cl)S(C)(=O)=O. The van der Waals surface area contributed by atoms with Crippen LogP contribution >= 0.6 is 35.0 Å². The molecule has 0 radical (unpaired) electrons. The van der Waals surface area contributed by atoms with Crippen LogP contribution in [0.5, 0.6) is 0 Å². The Bertz CT molecular complexity index is 937. The van der Waals surface area contributed by atoms with Gasteiger partial charge in [-0.15, -0.1) is 0 Å². The monoisotopic (exact) mass is 460 g/mol. The molecule has 2 rings (SSSR count). The number of amides is 1. The summed E-state index contributed by atoms with van der Waals surface area (Å²) in [5.41, 5.74) is 2.68. The summed E-state index contributed by atoms with van der Waals surface area (Å²) in [5, 5.41) is 3.29. The molecule has 5 nitrogen and oxygen atoms in total. The number of nitrogens with zero attached hydrogens (tertiary/aromatic N) is 1. The number of carbonyl (C=O) groups excluding carboxylic acids is 1. The second kappa shape index (κ2) is 10.4. The lowest BCUT2D eigenvalue weighted by molar-refractivity contribution is -0.119. The number of nitrogens with one attached hydrogen (secondary N) is 1. The van der Waals surface area contributed by atoms with Gasteiger partial charge in [-0.05, 0) is 36.2 Å². The molecule has 0 aliphatic rings. The maximum absolute atomic E-state index is 12.3. The predicted octanol–water partition coefficient (Wildman–Crippen LogP) is 4.12. The molecule has 0 atom stereocenters. The lowest BCUT2D eigenvalue weighted by Crippen LogP contribution is -2.41. The second-order valence-electron chi connectivity index (χ2n) is 6.19. The van der Waals surface area contributed by atoms with E-state index in [9.17, 15) is 13.2 Å². The van der Waals surface area contributed by atoms with E-state index in [2.05, 4.69) is 24.4 Å². The molecule has 1 amide bonds. The number of sulfonamides is 1. The van der Waals surface area contributed by atoms with Gasteiger partial charge in [0.2, 0.25) is 15.9 Å². The Kier molecular flexibility index (Phi) is 8.49. The standard InChI is InChI=1S/C19H22Cl2N2O3S2/c1-14-5-3-4-6-15(14)13-27-10-9-22-19(24)12-23(28(2,25)26)18-11-16(20)7-8-17(18)21/h3-8,11H,9-10,12-13H2,1-2H3,(H,22,24). The lowest BCUT2D eigenvalue weighted by atomic mass is 10.1. The lowest BCUT2D eigenvalue weighted by Gasteiger charge is -2.23. The second-order valence-corrected chi connectivity index (χ2v) is 10.1. The van der Waals surface area contributed by atoms with Crippen molar-refractivity contribution in [1.82, 2.24) is 5.32 Å². The van der Waals surface area contributed by atoms with Crippen LogP contribution < -0.4 is 9.62 Å². The van der Waals surface area contributed by atoms with Crippen LogP contribution in [-0.2, 0) is 20.6 Å². The van der Waals surface area contributed by atoms with Gasteiger partial charge in [0.05, 0.1) is 17.0 Å². The highest BCUT2D eigenvalue weighted by Gasteiger charge is 2.23. The predicted molar refractivity (Wildman–Crippen MR) is 119 cm³/mol. The average molecular weight is 461 g/mol. The molecule has 0 heterocycles. The van der Waals surface area contributed by atoms with Gasteiger partial charge in [0, 0.05) is 23.1 Å². The number of hydrogen-bond acceptors (Lipinski definition) is 4. The van der Waals surface area contributed by atoms with Crippen molar-refractivity contribution in [3.8, 4) is 0 Å². The molecule has 0 saturated carbocycles. The molecule has 0 bridgehead atoms. The zero-order valence-corrected chi connectivity index (χ0v) is 18.8. The number of anilines is 1. The maximum atomic E-state index is 12.3. The van der Waals surface area contributed by atoms with Crippen molar-refractivity contribution in [2.75, 3.05) is 29.4 Å². The van der Waals surface area contributed by atoms with Crippen molar-refractivity contribution in [2.45, 2.75) is 12.7 Å². The van der Waals surface area contributed by atoms with Crippen LogP contribution in [0.1, 0.15) is 11.1 Å². The number of thioether (sulfide) groups is 1. The molecule has 0 fully saturated rings. The van der Waals surface area contributed by atoms with E-state index in [-0.39, 0.29) is 17.3 Å². The molecule has 0 unspecified atom stereocenters. The molecule has 28 heavy (non-hydrogen) atoms. The zero-order chi connectivity index (χ0) is 20.7. The van der Waals surface area contributed by atoms with Gasteiger partial charge in [-0.25, -0.2) is 8.42 Å². The highest BCUT2D eigenvalue weighted by Crippen LogP contribution is 2.30. The topological polar surface area (TPSA) is 66.5 Å². The van der Waals surface area contributed by atoms with Gasteiger partial charge < -0.3 is 5.32 Å². The van der Waals surface area contributed by atoms with Crippen molar-refractivity contribution in [3.63, 3.8) is 0 Å². The van der Waals surface area contributed by atoms with E-state index in [1.807, 2.05) is 12.1 Å². The van der Waals surface area contributed by atoms with Gasteiger partial charge in [0.25, 0.3) is 0 Å². The molecule has 0 saturated heterocycles. The summed E-state index contributed by atoms with van der Waals surface area (Å²) in [6.45, 7) is 2.15. The van der Waals surface area contributed by atoms with Gasteiger partial charge in [0.1, 0.15) is 6.54 Å². The quantitative estimate of drug-likeness (QED) is 0.571. The van der Waals surface area contributed by atoms with Crippen LogP contribution in [0.4, 0.5) is 5.69 Å². The Morgan fingerprint density at radius 2 is 1.89 bits per heavy atom. The van der Waals surface area contributed by atoms with E-state index in [1.165, 1.54) is 23.3 Å². The molecule has 9 heteroatoms. The van der Waals surface area contributed by atoms with Crippen molar-refractivity contribution in [3.05, 3.63) is 63.6 Å². The van der Waals surface area contributed by atoms with Crippen molar-refractivity contribution in [2.24, 2.45) is 0 Å². The Balaban J connectivity index is 1.89. The molecule has 1 N–H and O–H groups in total. The Morgan fingerprint density at radius 1 is 1.18 bits per heavy atom. The van der Waals surface area contributed by atoms with Crippen molar-refractivity contribution in [1.29, 1.82) is 0 Å². The van der Waals surface area contributed by atoms with Crippen LogP contribution in [-0.4, -0.2) is 39.4 Å². The first-order chi connectivity index (χ1) is 13.2. The van der Waals surface area contributed by atoms with E-state index in [0.29, 0.717) is 11.6 Å². The molecular weight excluding hydrogens is 439 g/mol. The Morgan fingerprint density at radius 3 is 2.57 bits per heavy atom.